The third-order valence-corrected chi connectivity index (χ3v) is 2.33. The Kier molecular flexibility index (Phi) is 3.97. The van der Waals surface area contributed by atoms with Crippen LogP contribution < -0.4 is 4.98 Å². The minimum Gasteiger partial charge on any atom is -0.357 e. The number of benzene rings is 2. The molecule has 0 aliphatic rings. The Labute approximate surface area is 118 Å². The summed E-state index contributed by atoms with van der Waals surface area (Å²) < 4.78 is 0. The first-order valence-corrected chi connectivity index (χ1v) is 5.28. The zero-order chi connectivity index (χ0) is 11.5. The second kappa shape index (κ2) is 5.67. The average Bonchev–Trinajstić information content (AvgIpc) is 2.80. The van der Waals surface area contributed by atoms with Gasteiger partial charge in [-0.05, 0) is 12.1 Å². The molecule has 0 unspecified atom stereocenters. The molecule has 0 aliphatic heterocycles. The monoisotopic (exact) mass is 414 g/mol. The molecule has 0 bridgehead atoms. The van der Waals surface area contributed by atoms with Gasteiger partial charge in [0.2, 0.25) is 0 Å². The van der Waals surface area contributed by atoms with E-state index in [2.05, 4.69) is 20.2 Å². The van der Waals surface area contributed by atoms with E-state index in [1.54, 1.807) is 0 Å². The van der Waals surface area contributed by atoms with Crippen molar-refractivity contribution < 1.29 is 20.1 Å². The molecule has 0 N–H and O–H groups in total. The van der Waals surface area contributed by atoms with E-state index in [-0.39, 0.29) is 20.1 Å². The summed E-state index contributed by atoms with van der Waals surface area (Å²) in [5.41, 5.74) is 2.48. The van der Waals surface area contributed by atoms with Crippen molar-refractivity contribution in [3.63, 3.8) is 0 Å². The van der Waals surface area contributed by atoms with E-state index in [1.807, 2.05) is 54.6 Å². The molecule has 5 heteroatoms. The molecule has 3 aromatic rings. The minimum atomic E-state index is 0. The fraction of sp³-hybridized carbons (Fsp3) is 0. The molecule has 1 heterocycles. The SMILES string of the molecule is [Ir].c1ccc(N=Nc2nc3ccccc3[n-]2)cc1. The number of aromatic nitrogens is 2. The number of azo groups is 1. The van der Waals surface area contributed by atoms with Crippen molar-refractivity contribution in [1.82, 2.24) is 9.97 Å². The second-order valence-electron chi connectivity index (χ2n) is 3.55. The summed E-state index contributed by atoms with van der Waals surface area (Å²) in [6.45, 7) is 0. The van der Waals surface area contributed by atoms with Crippen molar-refractivity contribution in [3.05, 3.63) is 54.6 Å². The Bertz CT molecular complexity index is 628. The van der Waals surface area contributed by atoms with Crippen LogP contribution in [0.25, 0.3) is 11.0 Å². The fourth-order valence-electron chi connectivity index (χ4n) is 1.54. The maximum absolute atomic E-state index is 4.26. The molecule has 1 radical (unpaired) electrons. The van der Waals surface area contributed by atoms with Gasteiger partial charge in [-0.25, -0.2) is 5.11 Å². The molecule has 0 amide bonds. The molecule has 0 fully saturated rings. The molecule has 0 saturated carbocycles. The van der Waals surface area contributed by atoms with Gasteiger partial charge in [0, 0.05) is 37.1 Å². The van der Waals surface area contributed by atoms with Crippen LogP contribution in [0.4, 0.5) is 11.6 Å². The summed E-state index contributed by atoms with van der Waals surface area (Å²) in [5.74, 6) is 0.398. The molecular weight excluding hydrogens is 404 g/mol. The van der Waals surface area contributed by atoms with Crippen LogP contribution in [-0.4, -0.2) is 4.98 Å². The van der Waals surface area contributed by atoms with Crippen LogP contribution in [0, 0.1) is 0 Å². The molecule has 0 aliphatic carbocycles. The molecule has 1 aromatic heterocycles. The first-order chi connectivity index (χ1) is 8.42. The molecule has 18 heavy (non-hydrogen) atoms. The van der Waals surface area contributed by atoms with Gasteiger partial charge in [0.05, 0.1) is 5.69 Å². The van der Waals surface area contributed by atoms with Crippen molar-refractivity contribution in [2.45, 2.75) is 0 Å². The molecule has 2 aromatic carbocycles. The number of para-hydroxylation sites is 2. The van der Waals surface area contributed by atoms with Crippen LogP contribution in [0.15, 0.2) is 64.8 Å². The average molecular weight is 413 g/mol. The van der Waals surface area contributed by atoms with Gasteiger partial charge < -0.3 is 9.97 Å². The summed E-state index contributed by atoms with van der Waals surface area (Å²) in [6, 6.07) is 17.2. The molecule has 3 rings (SSSR count). The van der Waals surface area contributed by atoms with Gasteiger partial charge in [-0.1, -0.05) is 42.5 Å². The van der Waals surface area contributed by atoms with Crippen LogP contribution in [-0.2, 0) is 20.1 Å². The Morgan fingerprint density at radius 3 is 2.33 bits per heavy atom. The van der Waals surface area contributed by atoms with E-state index < -0.39 is 0 Å². The number of fused-ring (bicyclic) bond motifs is 1. The van der Waals surface area contributed by atoms with E-state index in [9.17, 15) is 0 Å². The predicted molar refractivity (Wildman–Crippen MR) is 65.7 cm³/mol. The topological polar surface area (TPSA) is 51.7 Å². The standard InChI is InChI=1S/C13H9N4.Ir/c1-2-6-10(7-3-1)16-17-13-14-11-8-4-5-9-12(11)15-13;/h1-9H;/q-1;. The van der Waals surface area contributed by atoms with Crippen molar-refractivity contribution in [3.8, 4) is 0 Å². The predicted octanol–water partition coefficient (Wildman–Crippen LogP) is 3.60. The van der Waals surface area contributed by atoms with E-state index in [1.165, 1.54) is 0 Å². The van der Waals surface area contributed by atoms with Crippen molar-refractivity contribution in [2.75, 3.05) is 0 Å². The first kappa shape index (κ1) is 12.6. The summed E-state index contributed by atoms with van der Waals surface area (Å²) in [7, 11) is 0. The van der Waals surface area contributed by atoms with E-state index in [4.69, 9.17) is 0 Å². The van der Waals surface area contributed by atoms with E-state index in [0.29, 0.717) is 5.95 Å². The van der Waals surface area contributed by atoms with E-state index >= 15 is 0 Å². The summed E-state index contributed by atoms with van der Waals surface area (Å²) >= 11 is 0. The maximum Gasteiger partial charge on any atom is 0.0699 e. The second-order valence-corrected chi connectivity index (χ2v) is 3.55. The van der Waals surface area contributed by atoms with Crippen LogP contribution in [0.2, 0.25) is 0 Å². The van der Waals surface area contributed by atoms with E-state index in [0.717, 1.165) is 16.7 Å². The van der Waals surface area contributed by atoms with Gasteiger partial charge in [0.15, 0.2) is 0 Å². The quantitative estimate of drug-likeness (QED) is 0.603. The Morgan fingerprint density at radius 2 is 1.56 bits per heavy atom. The number of hydrogen-bond donors (Lipinski definition) is 0. The largest absolute Gasteiger partial charge is 0.357 e. The van der Waals surface area contributed by atoms with Crippen LogP contribution in [0.5, 0.6) is 0 Å². The first-order valence-electron chi connectivity index (χ1n) is 5.28. The smallest absolute Gasteiger partial charge is 0.0699 e. The number of nitrogens with zero attached hydrogens (tertiary/aromatic N) is 4. The van der Waals surface area contributed by atoms with Gasteiger partial charge in [-0.3, -0.25) is 5.11 Å². The fourth-order valence-corrected chi connectivity index (χ4v) is 1.54. The van der Waals surface area contributed by atoms with Crippen molar-refractivity contribution in [1.29, 1.82) is 0 Å². The summed E-state index contributed by atoms with van der Waals surface area (Å²) in [5, 5.41) is 8.09. The number of rotatable bonds is 2. The number of imidazole rings is 1. The normalized spacial score (nSPS) is 10.7. The molecule has 0 saturated heterocycles. The third kappa shape index (κ3) is 2.70. The molecule has 91 valence electrons. The Hall–Kier alpha value is -1.84. The summed E-state index contributed by atoms with van der Waals surface area (Å²) in [6.07, 6.45) is 0. The van der Waals surface area contributed by atoms with Crippen LogP contribution in [0.1, 0.15) is 0 Å². The zero-order valence-corrected chi connectivity index (χ0v) is 11.7. The van der Waals surface area contributed by atoms with Gasteiger partial charge in [-0.2, -0.15) is 0 Å². The Balaban J connectivity index is 0.00000120. The van der Waals surface area contributed by atoms with Crippen LogP contribution in [0.3, 0.4) is 0 Å². The molecule has 4 nitrogen and oxygen atoms in total. The van der Waals surface area contributed by atoms with Gasteiger partial charge in [0.25, 0.3) is 0 Å². The third-order valence-electron chi connectivity index (χ3n) is 2.33. The van der Waals surface area contributed by atoms with Crippen molar-refractivity contribution in [2.24, 2.45) is 10.2 Å². The molecule has 0 spiro atoms. The Morgan fingerprint density at radius 1 is 0.833 bits per heavy atom. The minimum absolute atomic E-state index is 0. The molecular formula is C13H9IrN4-. The van der Waals surface area contributed by atoms with Crippen LogP contribution >= 0.6 is 0 Å². The maximum atomic E-state index is 4.26. The summed E-state index contributed by atoms with van der Waals surface area (Å²) in [4.78, 5) is 8.51. The van der Waals surface area contributed by atoms with Crippen molar-refractivity contribution >= 4 is 22.7 Å². The van der Waals surface area contributed by atoms with Gasteiger partial charge >= 0.3 is 0 Å². The zero-order valence-electron chi connectivity index (χ0n) is 9.32. The van der Waals surface area contributed by atoms with Gasteiger partial charge in [0.1, 0.15) is 0 Å². The molecule has 0 atom stereocenters. The van der Waals surface area contributed by atoms with Gasteiger partial charge in [-0.15, -0.1) is 0 Å². The number of hydrogen-bond acceptors (Lipinski definition) is 3.